The number of nitrogens with zero attached hydrogens (tertiary/aromatic N) is 3. The first kappa shape index (κ1) is 12.7. The summed E-state index contributed by atoms with van der Waals surface area (Å²) in [7, 11) is 0.784. The standard InChI is InChI=1S/C12H9Cl2N3OS/c1-18-7-2-3-9-8(4-7)15-6-19(9)12-16-10(13)5-11(14)17-12/h2-6,19H,1H3. The minimum Gasteiger partial charge on any atom is -0.497 e. The lowest BCUT2D eigenvalue weighted by molar-refractivity contribution is 0.414. The van der Waals surface area contributed by atoms with E-state index in [9.17, 15) is 0 Å². The minimum atomic E-state index is -0.844. The van der Waals surface area contributed by atoms with Gasteiger partial charge < -0.3 is 4.74 Å². The van der Waals surface area contributed by atoms with Crippen LogP contribution < -0.4 is 4.74 Å². The number of aromatic nitrogens is 2. The molecule has 0 saturated heterocycles. The molecule has 0 amide bonds. The molecule has 0 bridgehead atoms. The molecular formula is C12H9Cl2N3OS. The van der Waals surface area contributed by atoms with Crippen LogP contribution in [0.3, 0.4) is 0 Å². The maximum Gasteiger partial charge on any atom is 0.179 e. The van der Waals surface area contributed by atoms with Gasteiger partial charge in [-0.1, -0.05) is 23.2 Å². The van der Waals surface area contributed by atoms with Crippen LogP contribution in [-0.4, -0.2) is 22.6 Å². The number of hydrogen-bond donors (Lipinski definition) is 1. The third-order valence-corrected chi connectivity index (χ3v) is 4.88. The number of halogens is 2. The van der Waals surface area contributed by atoms with E-state index < -0.39 is 10.9 Å². The number of aliphatic imine (C=N–C) groups is 1. The summed E-state index contributed by atoms with van der Waals surface area (Å²) in [6.45, 7) is 0. The van der Waals surface area contributed by atoms with Crippen molar-refractivity contribution in [3.63, 3.8) is 0 Å². The van der Waals surface area contributed by atoms with E-state index in [1.54, 1.807) is 7.11 Å². The molecule has 4 nitrogen and oxygen atoms in total. The number of fused-ring (bicyclic) bond motifs is 1. The molecule has 0 N–H and O–H groups in total. The van der Waals surface area contributed by atoms with Crippen LogP contribution in [0.4, 0.5) is 5.69 Å². The summed E-state index contributed by atoms with van der Waals surface area (Å²) in [6.07, 6.45) is 0. The smallest absolute Gasteiger partial charge is 0.179 e. The molecular weight excluding hydrogens is 305 g/mol. The van der Waals surface area contributed by atoms with E-state index in [1.807, 2.05) is 23.7 Å². The Morgan fingerprint density at radius 3 is 2.53 bits per heavy atom. The molecule has 0 radical (unpaired) electrons. The van der Waals surface area contributed by atoms with Gasteiger partial charge in [-0.15, -0.1) is 10.9 Å². The maximum atomic E-state index is 5.91. The van der Waals surface area contributed by atoms with Gasteiger partial charge >= 0.3 is 0 Å². The van der Waals surface area contributed by atoms with Crippen molar-refractivity contribution in [3.05, 3.63) is 34.6 Å². The van der Waals surface area contributed by atoms with Crippen molar-refractivity contribution < 1.29 is 4.74 Å². The Balaban J connectivity index is 2.04. The van der Waals surface area contributed by atoms with Gasteiger partial charge in [0.25, 0.3) is 0 Å². The van der Waals surface area contributed by atoms with Crippen LogP contribution >= 0.6 is 34.1 Å². The summed E-state index contributed by atoms with van der Waals surface area (Å²) >= 11 is 11.8. The molecule has 19 heavy (non-hydrogen) atoms. The van der Waals surface area contributed by atoms with E-state index >= 15 is 0 Å². The monoisotopic (exact) mass is 313 g/mol. The van der Waals surface area contributed by atoms with Gasteiger partial charge in [0.2, 0.25) is 0 Å². The molecule has 2 heterocycles. The summed E-state index contributed by atoms with van der Waals surface area (Å²) < 4.78 is 5.18. The molecule has 0 spiro atoms. The Bertz CT molecular complexity index is 658. The van der Waals surface area contributed by atoms with Crippen molar-refractivity contribution in [1.82, 2.24) is 9.97 Å². The van der Waals surface area contributed by atoms with Crippen LogP contribution in [0.1, 0.15) is 0 Å². The first-order valence-corrected chi connectivity index (χ1v) is 7.55. The van der Waals surface area contributed by atoms with Crippen LogP contribution in [0.25, 0.3) is 0 Å². The largest absolute Gasteiger partial charge is 0.497 e. The van der Waals surface area contributed by atoms with Crippen LogP contribution in [0.5, 0.6) is 5.75 Å². The van der Waals surface area contributed by atoms with Crippen molar-refractivity contribution in [3.8, 4) is 5.75 Å². The van der Waals surface area contributed by atoms with Gasteiger partial charge in [0.1, 0.15) is 16.1 Å². The molecule has 1 aliphatic heterocycles. The zero-order valence-corrected chi connectivity index (χ0v) is 12.2. The van der Waals surface area contributed by atoms with Crippen LogP contribution in [0.15, 0.2) is 39.3 Å². The second-order valence-corrected chi connectivity index (χ2v) is 6.41. The fraction of sp³-hybridized carbons (Fsp3) is 0.0833. The molecule has 1 aromatic carbocycles. The number of hydrogen-bond acceptors (Lipinski definition) is 4. The highest BCUT2D eigenvalue weighted by atomic mass is 35.5. The van der Waals surface area contributed by atoms with Crippen LogP contribution in [-0.2, 0) is 0 Å². The van der Waals surface area contributed by atoms with Gasteiger partial charge in [-0.05, 0) is 12.1 Å². The van der Waals surface area contributed by atoms with Gasteiger partial charge in [-0.3, -0.25) is 0 Å². The predicted octanol–water partition coefficient (Wildman–Crippen LogP) is 3.88. The van der Waals surface area contributed by atoms with Crippen molar-refractivity contribution in [2.75, 3.05) is 7.11 Å². The quantitative estimate of drug-likeness (QED) is 0.520. The fourth-order valence-corrected chi connectivity index (χ4v) is 4.02. The zero-order valence-electron chi connectivity index (χ0n) is 9.84. The van der Waals surface area contributed by atoms with E-state index in [0.29, 0.717) is 15.5 Å². The molecule has 1 aromatic heterocycles. The lowest BCUT2D eigenvalue weighted by Gasteiger charge is -2.12. The van der Waals surface area contributed by atoms with Gasteiger partial charge in [0.15, 0.2) is 5.16 Å². The van der Waals surface area contributed by atoms with Gasteiger partial charge in [0.05, 0.1) is 18.3 Å². The lowest BCUT2D eigenvalue weighted by Crippen LogP contribution is -1.93. The first-order chi connectivity index (χ1) is 9.17. The average Bonchev–Trinajstić information content (AvgIpc) is 2.80. The Kier molecular flexibility index (Phi) is 3.35. The molecule has 0 fully saturated rings. The second-order valence-electron chi connectivity index (χ2n) is 3.78. The molecule has 98 valence electrons. The van der Waals surface area contributed by atoms with Gasteiger partial charge in [0, 0.05) is 17.0 Å². The Hall–Kier alpha value is -1.30. The van der Waals surface area contributed by atoms with Crippen molar-refractivity contribution in [1.29, 1.82) is 0 Å². The number of rotatable bonds is 2. The minimum absolute atomic E-state index is 0.341. The van der Waals surface area contributed by atoms with E-state index in [0.717, 1.165) is 16.3 Å². The lowest BCUT2D eigenvalue weighted by atomic mass is 10.3. The van der Waals surface area contributed by atoms with Crippen LogP contribution in [0, 0.1) is 0 Å². The van der Waals surface area contributed by atoms with Gasteiger partial charge in [-0.2, -0.15) is 0 Å². The maximum absolute atomic E-state index is 5.91. The summed E-state index contributed by atoms with van der Waals surface area (Å²) in [5, 5.41) is 1.29. The van der Waals surface area contributed by atoms with Crippen molar-refractivity contribution in [2.24, 2.45) is 4.99 Å². The van der Waals surface area contributed by atoms with Crippen molar-refractivity contribution >= 4 is 45.3 Å². The van der Waals surface area contributed by atoms with E-state index in [2.05, 4.69) is 15.0 Å². The molecule has 1 unspecified atom stereocenters. The predicted molar refractivity (Wildman–Crippen MR) is 78.7 cm³/mol. The van der Waals surface area contributed by atoms with Gasteiger partial charge in [-0.25, -0.2) is 15.0 Å². The molecule has 1 aliphatic rings. The SMILES string of the molecule is COc1ccc2c(c1)N=C[SH]2c1nc(Cl)cc(Cl)n1. The highest BCUT2D eigenvalue weighted by molar-refractivity contribution is 8.28. The van der Waals surface area contributed by atoms with E-state index in [-0.39, 0.29) is 0 Å². The molecule has 0 aliphatic carbocycles. The Morgan fingerprint density at radius 1 is 1.11 bits per heavy atom. The Morgan fingerprint density at radius 2 is 1.84 bits per heavy atom. The summed E-state index contributed by atoms with van der Waals surface area (Å²) in [5.41, 5.74) is 2.73. The third-order valence-electron chi connectivity index (χ3n) is 2.62. The Labute approximate surface area is 122 Å². The molecule has 0 saturated carbocycles. The molecule has 7 heteroatoms. The summed E-state index contributed by atoms with van der Waals surface area (Å²) in [4.78, 5) is 13.9. The van der Waals surface area contributed by atoms with E-state index in [4.69, 9.17) is 27.9 Å². The topological polar surface area (TPSA) is 47.4 Å². The number of benzene rings is 1. The fourth-order valence-electron chi connectivity index (χ4n) is 1.77. The van der Waals surface area contributed by atoms with E-state index in [1.165, 1.54) is 6.07 Å². The number of thiol groups is 1. The van der Waals surface area contributed by atoms with Crippen LogP contribution in [0.2, 0.25) is 10.3 Å². The number of ether oxygens (including phenoxy) is 1. The highest BCUT2D eigenvalue weighted by Gasteiger charge is 2.21. The van der Waals surface area contributed by atoms with Crippen molar-refractivity contribution in [2.45, 2.75) is 10.1 Å². The average molecular weight is 314 g/mol. The zero-order chi connectivity index (χ0) is 13.4. The second kappa shape index (κ2) is 5.00. The molecule has 2 aromatic rings. The number of methoxy groups -OCH3 is 1. The summed E-state index contributed by atoms with van der Waals surface area (Å²) in [5.74, 6) is 0.776. The first-order valence-electron chi connectivity index (χ1n) is 5.39. The third kappa shape index (κ3) is 2.41. The molecule has 1 atom stereocenters. The highest BCUT2D eigenvalue weighted by Crippen LogP contribution is 2.51. The summed E-state index contributed by atoms with van der Waals surface area (Å²) in [6, 6.07) is 7.28. The normalized spacial score (nSPS) is 18.4. The molecule has 3 rings (SSSR count).